The highest BCUT2D eigenvalue weighted by molar-refractivity contribution is 5.81. The average molecular weight is 271 g/mol. The molecule has 0 aromatic carbocycles. The first-order chi connectivity index (χ1) is 9.06. The summed E-state index contributed by atoms with van der Waals surface area (Å²) in [6.07, 6.45) is 1.54. The molecule has 0 radical (unpaired) electrons. The first kappa shape index (κ1) is 14.3. The van der Waals surface area contributed by atoms with Crippen molar-refractivity contribution in [3.05, 3.63) is 0 Å². The minimum atomic E-state index is -0.791. The van der Waals surface area contributed by atoms with E-state index in [9.17, 15) is 9.59 Å². The van der Waals surface area contributed by atoms with Crippen LogP contribution in [0.15, 0.2) is 0 Å². The molecule has 0 aromatic heterocycles. The van der Waals surface area contributed by atoms with Gasteiger partial charge in [0, 0.05) is 33.2 Å². The lowest BCUT2D eigenvalue weighted by molar-refractivity contribution is -0.141. The van der Waals surface area contributed by atoms with Gasteiger partial charge in [-0.15, -0.1) is 0 Å². The van der Waals surface area contributed by atoms with E-state index in [-0.39, 0.29) is 30.0 Å². The molecular formula is C13H21NO5. The third-order valence-electron chi connectivity index (χ3n) is 4.26. The van der Waals surface area contributed by atoms with E-state index in [0.29, 0.717) is 32.4 Å². The van der Waals surface area contributed by atoms with E-state index in [1.807, 2.05) is 0 Å². The second-order valence-corrected chi connectivity index (χ2v) is 5.34. The zero-order valence-corrected chi connectivity index (χ0v) is 11.4. The Labute approximate surface area is 112 Å². The highest BCUT2D eigenvalue weighted by Crippen LogP contribution is 2.33. The average Bonchev–Trinajstić information content (AvgIpc) is 3.04. The normalized spacial score (nSPS) is 34.7. The second kappa shape index (κ2) is 5.88. The smallest absolute Gasteiger partial charge is 0.306 e. The van der Waals surface area contributed by atoms with Crippen molar-refractivity contribution >= 4 is 11.9 Å². The quantitative estimate of drug-likeness (QED) is 0.799. The standard InChI is InChI=1S/C13H21NO5/c1-18-10-6-14(7-11(10)19-2)12(15)8-3-4-9(5-8)13(16)17/h8-11H,3-7H2,1-2H3,(H,16,17). The van der Waals surface area contributed by atoms with Gasteiger partial charge in [-0.05, 0) is 19.3 Å². The van der Waals surface area contributed by atoms with E-state index in [1.165, 1.54) is 0 Å². The first-order valence-corrected chi connectivity index (χ1v) is 6.64. The van der Waals surface area contributed by atoms with Gasteiger partial charge in [0.1, 0.15) is 12.2 Å². The monoisotopic (exact) mass is 271 g/mol. The van der Waals surface area contributed by atoms with E-state index in [1.54, 1.807) is 19.1 Å². The Morgan fingerprint density at radius 3 is 2.00 bits per heavy atom. The van der Waals surface area contributed by atoms with Crippen LogP contribution >= 0.6 is 0 Å². The number of methoxy groups -OCH3 is 2. The van der Waals surface area contributed by atoms with Crippen LogP contribution in [0, 0.1) is 11.8 Å². The zero-order valence-electron chi connectivity index (χ0n) is 11.4. The molecule has 4 atom stereocenters. The van der Waals surface area contributed by atoms with E-state index >= 15 is 0 Å². The molecule has 108 valence electrons. The Hall–Kier alpha value is -1.14. The number of likely N-dealkylation sites (tertiary alicyclic amines) is 1. The zero-order chi connectivity index (χ0) is 14.0. The van der Waals surface area contributed by atoms with Crippen molar-refractivity contribution in [3.63, 3.8) is 0 Å². The largest absolute Gasteiger partial charge is 0.481 e. The van der Waals surface area contributed by atoms with Gasteiger partial charge in [-0.3, -0.25) is 9.59 Å². The summed E-state index contributed by atoms with van der Waals surface area (Å²) in [7, 11) is 3.22. The number of amides is 1. The highest BCUT2D eigenvalue weighted by atomic mass is 16.5. The molecule has 0 bridgehead atoms. The number of hydrogen-bond donors (Lipinski definition) is 1. The molecule has 2 rings (SSSR count). The molecule has 19 heavy (non-hydrogen) atoms. The maximum Gasteiger partial charge on any atom is 0.306 e. The number of carbonyl (C=O) groups excluding carboxylic acids is 1. The molecule has 1 N–H and O–H groups in total. The molecule has 0 aromatic rings. The number of carbonyl (C=O) groups is 2. The SMILES string of the molecule is COC1CN(C(=O)C2CCC(C(=O)O)C2)CC1OC. The molecule has 1 heterocycles. The van der Waals surface area contributed by atoms with Crippen molar-refractivity contribution in [2.45, 2.75) is 31.5 Å². The van der Waals surface area contributed by atoms with E-state index in [2.05, 4.69) is 0 Å². The fraction of sp³-hybridized carbons (Fsp3) is 0.846. The van der Waals surface area contributed by atoms with Gasteiger partial charge in [0.2, 0.25) is 5.91 Å². The van der Waals surface area contributed by atoms with Crippen molar-refractivity contribution in [1.29, 1.82) is 0 Å². The fourth-order valence-corrected chi connectivity index (χ4v) is 3.06. The Balaban J connectivity index is 1.93. The van der Waals surface area contributed by atoms with Crippen LogP contribution in [0.5, 0.6) is 0 Å². The lowest BCUT2D eigenvalue weighted by Crippen LogP contribution is -2.34. The summed E-state index contributed by atoms with van der Waals surface area (Å²) < 4.78 is 10.6. The number of rotatable bonds is 4. The summed E-state index contributed by atoms with van der Waals surface area (Å²) in [6.45, 7) is 1.06. The van der Waals surface area contributed by atoms with Gasteiger partial charge in [-0.1, -0.05) is 0 Å². The van der Waals surface area contributed by atoms with Crippen molar-refractivity contribution in [1.82, 2.24) is 4.90 Å². The summed E-state index contributed by atoms with van der Waals surface area (Å²) >= 11 is 0. The van der Waals surface area contributed by atoms with Crippen LogP contribution < -0.4 is 0 Å². The van der Waals surface area contributed by atoms with Gasteiger partial charge in [-0.2, -0.15) is 0 Å². The summed E-state index contributed by atoms with van der Waals surface area (Å²) in [6, 6.07) is 0. The molecule has 0 spiro atoms. The minimum absolute atomic E-state index is 0.0466. The fourth-order valence-electron chi connectivity index (χ4n) is 3.06. The first-order valence-electron chi connectivity index (χ1n) is 6.64. The van der Waals surface area contributed by atoms with E-state index in [0.717, 1.165) is 0 Å². The van der Waals surface area contributed by atoms with E-state index < -0.39 is 5.97 Å². The summed E-state index contributed by atoms with van der Waals surface area (Å²) in [5, 5.41) is 8.97. The maximum atomic E-state index is 12.4. The van der Waals surface area contributed by atoms with Gasteiger partial charge < -0.3 is 19.5 Å². The number of carboxylic acids is 1. The highest BCUT2D eigenvalue weighted by Gasteiger charge is 2.41. The maximum absolute atomic E-state index is 12.4. The third-order valence-corrected chi connectivity index (χ3v) is 4.26. The lowest BCUT2D eigenvalue weighted by atomic mass is 10.0. The van der Waals surface area contributed by atoms with Crippen molar-refractivity contribution in [3.8, 4) is 0 Å². The number of carboxylic acid groups (broad SMARTS) is 1. The molecule has 4 unspecified atom stereocenters. The van der Waals surface area contributed by atoms with Crippen LogP contribution in [-0.4, -0.2) is 61.4 Å². The van der Waals surface area contributed by atoms with Crippen molar-refractivity contribution in [2.24, 2.45) is 11.8 Å². The van der Waals surface area contributed by atoms with Crippen LogP contribution in [0.25, 0.3) is 0 Å². The molecule has 1 aliphatic carbocycles. The topological polar surface area (TPSA) is 76.1 Å². The predicted molar refractivity (Wildman–Crippen MR) is 66.6 cm³/mol. The Morgan fingerprint density at radius 2 is 1.58 bits per heavy atom. The summed E-state index contributed by atoms with van der Waals surface area (Å²) in [4.78, 5) is 25.0. The molecule has 2 fully saturated rings. The molecule has 1 saturated carbocycles. The molecular weight excluding hydrogens is 250 g/mol. The second-order valence-electron chi connectivity index (χ2n) is 5.34. The number of aliphatic carboxylic acids is 1. The molecule has 6 nitrogen and oxygen atoms in total. The van der Waals surface area contributed by atoms with Gasteiger partial charge in [0.05, 0.1) is 5.92 Å². The minimum Gasteiger partial charge on any atom is -0.481 e. The lowest BCUT2D eigenvalue weighted by Gasteiger charge is -2.20. The van der Waals surface area contributed by atoms with Crippen LogP contribution in [0.1, 0.15) is 19.3 Å². The molecule has 6 heteroatoms. The van der Waals surface area contributed by atoms with Crippen LogP contribution in [0.4, 0.5) is 0 Å². The number of hydrogen-bond acceptors (Lipinski definition) is 4. The molecule has 1 aliphatic heterocycles. The molecule has 1 saturated heterocycles. The van der Waals surface area contributed by atoms with Gasteiger partial charge in [0.25, 0.3) is 0 Å². The van der Waals surface area contributed by atoms with Crippen molar-refractivity contribution < 1.29 is 24.2 Å². The van der Waals surface area contributed by atoms with Crippen LogP contribution in [0.2, 0.25) is 0 Å². The summed E-state index contributed by atoms with van der Waals surface area (Å²) in [5.41, 5.74) is 0. The Bertz CT molecular complexity index is 347. The van der Waals surface area contributed by atoms with Gasteiger partial charge in [-0.25, -0.2) is 0 Å². The van der Waals surface area contributed by atoms with Crippen molar-refractivity contribution in [2.75, 3.05) is 27.3 Å². The van der Waals surface area contributed by atoms with Crippen LogP contribution in [0.3, 0.4) is 0 Å². The number of ether oxygens (including phenoxy) is 2. The Kier molecular flexibility index (Phi) is 4.42. The van der Waals surface area contributed by atoms with Gasteiger partial charge >= 0.3 is 5.97 Å². The van der Waals surface area contributed by atoms with Gasteiger partial charge in [0.15, 0.2) is 0 Å². The number of nitrogens with zero attached hydrogens (tertiary/aromatic N) is 1. The third kappa shape index (κ3) is 2.90. The Morgan fingerprint density at radius 1 is 1.05 bits per heavy atom. The summed E-state index contributed by atoms with van der Waals surface area (Å²) in [5.74, 6) is -1.27. The predicted octanol–water partition coefficient (Wildman–Crippen LogP) is 0.360. The van der Waals surface area contributed by atoms with Crippen LogP contribution in [-0.2, 0) is 19.1 Å². The molecule has 2 aliphatic rings. The molecule has 1 amide bonds. The van der Waals surface area contributed by atoms with E-state index in [4.69, 9.17) is 14.6 Å².